The van der Waals surface area contributed by atoms with Gasteiger partial charge in [0.25, 0.3) is 5.69 Å². The molecule has 0 spiro atoms. The SMILES string of the molecule is CC(C)N(CC#N)Cc1nnc(-c2ccc([N+](=O)[O-])cc2)o1. The van der Waals surface area contributed by atoms with E-state index >= 15 is 0 Å². The Kier molecular flexibility index (Phi) is 4.80. The zero-order valence-electron chi connectivity index (χ0n) is 12.3. The topological polar surface area (TPSA) is 109 Å². The minimum atomic E-state index is -0.467. The van der Waals surface area contributed by atoms with Crippen molar-refractivity contribution in [3.63, 3.8) is 0 Å². The van der Waals surface area contributed by atoms with E-state index in [1.807, 2.05) is 18.7 Å². The average molecular weight is 301 g/mol. The van der Waals surface area contributed by atoms with Gasteiger partial charge in [-0.15, -0.1) is 10.2 Å². The lowest BCUT2D eigenvalue weighted by atomic mass is 10.2. The number of nitro groups is 1. The van der Waals surface area contributed by atoms with Gasteiger partial charge in [-0.05, 0) is 26.0 Å². The molecule has 1 aromatic carbocycles. The third kappa shape index (κ3) is 3.65. The molecule has 0 radical (unpaired) electrons. The molecular formula is C14H15N5O3. The Morgan fingerprint density at radius 2 is 2.05 bits per heavy atom. The molecule has 8 nitrogen and oxygen atoms in total. The lowest BCUT2D eigenvalue weighted by Gasteiger charge is -2.20. The molecule has 1 heterocycles. The highest BCUT2D eigenvalue weighted by molar-refractivity contribution is 5.55. The van der Waals surface area contributed by atoms with E-state index in [1.165, 1.54) is 12.1 Å². The van der Waals surface area contributed by atoms with Crippen molar-refractivity contribution in [1.82, 2.24) is 15.1 Å². The first-order chi connectivity index (χ1) is 10.5. The second kappa shape index (κ2) is 6.78. The van der Waals surface area contributed by atoms with Crippen molar-refractivity contribution in [3.8, 4) is 17.5 Å². The van der Waals surface area contributed by atoms with E-state index in [9.17, 15) is 10.1 Å². The van der Waals surface area contributed by atoms with Gasteiger partial charge >= 0.3 is 0 Å². The van der Waals surface area contributed by atoms with E-state index in [-0.39, 0.29) is 18.3 Å². The Balaban J connectivity index is 2.14. The van der Waals surface area contributed by atoms with Crippen molar-refractivity contribution in [3.05, 3.63) is 40.3 Å². The summed E-state index contributed by atoms with van der Waals surface area (Å²) in [4.78, 5) is 12.1. The van der Waals surface area contributed by atoms with Gasteiger partial charge in [0.2, 0.25) is 11.8 Å². The van der Waals surface area contributed by atoms with Crippen LogP contribution in [0.15, 0.2) is 28.7 Å². The summed E-state index contributed by atoms with van der Waals surface area (Å²) in [5.41, 5.74) is 0.615. The van der Waals surface area contributed by atoms with Gasteiger partial charge in [0.1, 0.15) is 0 Å². The summed E-state index contributed by atoms with van der Waals surface area (Å²) in [7, 11) is 0. The second-order valence-electron chi connectivity index (χ2n) is 4.96. The van der Waals surface area contributed by atoms with Gasteiger partial charge in [-0.2, -0.15) is 5.26 Å². The molecule has 0 aliphatic heterocycles. The van der Waals surface area contributed by atoms with Crippen LogP contribution >= 0.6 is 0 Å². The van der Waals surface area contributed by atoms with Crippen LogP contribution in [-0.4, -0.2) is 32.6 Å². The molecule has 1 aromatic heterocycles. The van der Waals surface area contributed by atoms with Crippen molar-refractivity contribution in [2.24, 2.45) is 0 Å². The predicted octanol–water partition coefficient (Wildman–Crippen LogP) is 2.38. The first-order valence-electron chi connectivity index (χ1n) is 6.69. The molecule has 0 atom stereocenters. The largest absolute Gasteiger partial charge is 0.419 e. The summed E-state index contributed by atoms with van der Waals surface area (Å²) in [5.74, 6) is 0.697. The van der Waals surface area contributed by atoms with Crippen molar-refractivity contribution in [1.29, 1.82) is 5.26 Å². The van der Waals surface area contributed by atoms with E-state index < -0.39 is 4.92 Å². The maximum Gasteiger partial charge on any atom is 0.269 e. The fourth-order valence-corrected chi connectivity index (χ4v) is 1.85. The van der Waals surface area contributed by atoms with Crippen LogP contribution in [-0.2, 0) is 6.54 Å². The fourth-order valence-electron chi connectivity index (χ4n) is 1.85. The molecule has 0 saturated heterocycles. The smallest absolute Gasteiger partial charge is 0.269 e. The van der Waals surface area contributed by atoms with Gasteiger partial charge in [-0.3, -0.25) is 15.0 Å². The maximum atomic E-state index is 10.6. The molecule has 22 heavy (non-hydrogen) atoms. The highest BCUT2D eigenvalue weighted by Crippen LogP contribution is 2.21. The van der Waals surface area contributed by atoms with Crippen LogP contribution in [0.4, 0.5) is 5.69 Å². The number of nitro benzene ring substituents is 1. The van der Waals surface area contributed by atoms with Crippen LogP contribution in [0.3, 0.4) is 0 Å². The third-order valence-electron chi connectivity index (χ3n) is 3.13. The standard InChI is InChI=1S/C14H15N5O3/c1-10(2)18(8-7-15)9-13-16-17-14(22-13)11-3-5-12(6-4-11)19(20)21/h3-6,10H,8-9H2,1-2H3. The van der Waals surface area contributed by atoms with Crippen molar-refractivity contribution >= 4 is 5.69 Å². The Labute approximate surface area is 127 Å². The Morgan fingerprint density at radius 1 is 1.36 bits per heavy atom. The Bertz CT molecular complexity index is 687. The molecule has 0 unspecified atom stereocenters. The molecule has 0 amide bonds. The van der Waals surface area contributed by atoms with Crippen LogP contribution in [0.5, 0.6) is 0 Å². The molecule has 0 saturated carbocycles. The molecule has 114 valence electrons. The van der Waals surface area contributed by atoms with Crippen LogP contribution in [0.25, 0.3) is 11.5 Å². The number of hydrogen-bond donors (Lipinski definition) is 0. The molecular weight excluding hydrogens is 286 g/mol. The summed E-state index contributed by atoms with van der Waals surface area (Å²) in [5, 5.41) is 27.3. The Hall–Kier alpha value is -2.79. The minimum Gasteiger partial charge on any atom is -0.419 e. The van der Waals surface area contributed by atoms with Gasteiger partial charge in [0.05, 0.1) is 24.1 Å². The maximum absolute atomic E-state index is 10.6. The molecule has 0 N–H and O–H groups in total. The Morgan fingerprint density at radius 3 is 2.59 bits per heavy atom. The number of nitrogens with zero attached hydrogens (tertiary/aromatic N) is 5. The number of aromatic nitrogens is 2. The molecule has 2 rings (SSSR count). The van der Waals surface area contributed by atoms with E-state index in [2.05, 4.69) is 16.3 Å². The minimum absolute atomic E-state index is 0.00323. The molecule has 8 heteroatoms. The van der Waals surface area contributed by atoms with Gasteiger partial charge in [0.15, 0.2) is 0 Å². The average Bonchev–Trinajstić information content (AvgIpc) is 2.95. The van der Waals surface area contributed by atoms with Crippen LogP contribution < -0.4 is 0 Å². The number of non-ortho nitro benzene ring substituents is 1. The normalized spacial score (nSPS) is 10.9. The molecule has 0 aliphatic carbocycles. The van der Waals surface area contributed by atoms with E-state index in [1.54, 1.807) is 12.1 Å². The number of nitriles is 1. The predicted molar refractivity (Wildman–Crippen MR) is 77.5 cm³/mol. The zero-order chi connectivity index (χ0) is 16.1. The number of hydrogen-bond acceptors (Lipinski definition) is 7. The van der Waals surface area contributed by atoms with Crippen LogP contribution in [0, 0.1) is 21.4 Å². The molecule has 0 aliphatic rings. The van der Waals surface area contributed by atoms with E-state index in [0.717, 1.165) is 0 Å². The zero-order valence-corrected chi connectivity index (χ0v) is 12.3. The summed E-state index contributed by atoms with van der Waals surface area (Å²) in [6.07, 6.45) is 0. The number of rotatable bonds is 6. The van der Waals surface area contributed by atoms with Gasteiger partial charge in [-0.1, -0.05) is 0 Å². The van der Waals surface area contributed by atoms with Crippen molar-refractivity contribution < 1.29 is 9.34 Å². The van der Waals surface area contributed by atoms with Crippen LogP contribution in [0.2, 0.25) is 0 Å². The summed E-state index contributed by atoms with van der Waals surface area (Å²) in [6.45, 7) is 4.61. The highest BCUT2D eigenvalue weighted by atomic mass is 16.6. The third-order valence-corrected chi connectivity index (χ3v) is 3.13. The van der Waals surface area contributed by atoms with Crippen molar-refractivity contribution in [2.45, 2.75) is 26.4 Å². The molecule has 0 bridgehead atoms. The highest BCUT2D eigenvalue weighted by Gasteiger charge is 2.15. The van der Waals surface area contributed by atoms with Gasteiger partial charge in [0, 0.05) is 23.7 Å². The quantitative estimate of drug-likeness (QED) is 0.457. The van der Waals surface area contributed by atoms with Gasteiger partial charge in [-0.25, -0.2) is 0 Å². The summed E-state index contributed by atoms with van der Waals surface area (Å²) >= 11 is 0. The molecule has 2 aromatic rings. The van der Waals surface area contributed by atoms with E-state index in [0.29, 0.717) is 23.9 Å². The van der Waals surface area contributed by atoms with E-state index in [4.69, 9.17) is 9.68 Å². The van der Waals surface area contributed by atoms with Crippen molar-refractivity contribution in [2.75, 3.05) is 6.54 Å². The summed E-state index contributed by atoms with van der Waals surface area (Å²) < 4.78 is 5.55. The molecule has 0 fully saturated rings. The van der Waals surface area contributed by atoms with Gasteiger partial charge < -0.3 is 4.42 Å². The second-order valence-corrected chi connectivity index (χ2v) is 4.96. The lowest BCUT2D eigenvalue weighted by Crippen LogP contribution is -2.30. The monoisotopic (exact) mass is 301 g/mol. The fraction of sp³-hybridized carbons (Fsp3) is 0.357. The first-order valence-corrected chi connectivity index (χ1v) is 6.69. The lowest BCUT2D eigenvalue weighted by molar-refractivity contribution is -0.384. The van der Waals surface area contributed by atoms with Crippen LogP contribution in [0.1, 0.15) is 19.7 Å². The number of benzene rings is 1. The summed E-state index contributed by atoms with van der Waals surface area (Å²) in [6, 6.07) is 8.16. The first kappa shape index (κ1) is 15.6.